The van der Waals surface area contributed by atoms with Gasteiger partial charge in [-0.2, -0.15) is 23.5 Å². The number of carbonyl (C=O) groups excluding carboxylic acids is 2. The molecule has 324 valence electrons. The molecule has 1 atom stereocenters. The quantitative estimate of drug-likeness (QED) is 0.0836. The van der Waals surface area contributed by atoms with Crippen LogP contribution in [0.25, 0.3) is 11.1 Å². The number of aryl methyl sites for hydroxylation is 4. The lowest BCUT2D eigenvalue weighted by Crippen LogP contribution is -2.41. The highest BCUT2D eigenvalue weighted by atomic mass is 32.2. The first-order chi connectivity index (χ1) is 27.5. The second-order valence-electron chi connectivity index (χ2n) is 15.6. The minimum atomic E-state index is -1.17. The predicted molar refractivity (Wildman–Crippen MR) is 239 cm³/mol. The summed E-state index contributed by atoms with van der Waals surface area (Å²) >= 11 is 3.89. The topological polar surface area (TPSA) is 146 Å². The molecule has 0 bridgehead atoms. The molecule has 2 fully saturated rings. The lowest BCUT2D eigenvalue weighted by Gasteiger charge is -2.32. The first-order valence-electron chi connectivity index (χ1n) is 20.5. The predicted octanol–water partition coefficient (Wildman–Crippen LogP) is 10.9. The molecule has 2 aromatic carbocycles. The van der Waals surface area contributed by atoms with Gasteiger partial charge in [-0.3, -0.25) is 0 Å². The van der Waals surface area contributed by atoms with Crippen LogP contribution in [0.1, 0.15) is 117 Å². The maximum Gasteiger partial charge on any atom is 0.334 e. The van der Waals surface area contributed by atoms with Gasteiger partial charge in [-0.05, 0) is 139 Å². The zero-order valence-corrected chi connectivity index (χ0v) is 37.3. The number of aliphatic carboxylic acids is 2. The van der Waals surface area contributed by atoms with Crippen LogP contribution in [0.2, 0.25) is 0 Å². The number of rotatable bonds is 18. The Bertz CT molecular complexity index is 1740. The van der Waals surface area contributed by atoms with E-state index in [4.69, 9.17) is 24.4 Å². The van der Waals surface area contributed by atoms with Gasteiger partial charge in [-0.15, -0.1) is 0 Å². The number of thioether (sulfide) groups is 2. The molecule has 12 heteroatoms. The summed E-state index contributed by atoms with van der Waals surface area (Å²) in [5.74, 6) is -0.164. The minimum Gasteiger partial charge on any atom is -0.492 e. The van der Waals surface area contributed by atoms with Crippen LogP contribution in [0.5, 0.6) is 11.5 Å². The van der Waals surface area contributed by atoms with Gasteiger partial charge < -0.3 is 29.2 Å². The Kier molecular flexibility index (Phi) is 20.3. The highest BCUT2D eigenvalue weighted by Gasteiger charge is 2.33. The van der Waals surface area contributed by atoms with Crippen LogP contribution in [0.3, 0.4) is 0 Å². The van der Waals surface area contributed by atoms with Crippen molar-refractivity contribution in [3.05, 3.63) is 69.8 Å². The molecule has 0 amide bonds. The monoisotopic (exact) mass is 844 g/mol. The Hall–Kier alpha value is -3.90. The van der Waals surface area contributed by atoms with Gasteiger partial charge in [0.15, 0.2) is 5.60 Å². The van der Waals surface area contributed by atoms with Crippen molar-refractivity contribution in [2.24, 2.45) is 0 Å². The Morgan fingerprint density at radius 3 is 1.59 bits per heavy atom. The molecular weight excluding hydrogens is 777 g/mol. The number of carbonyl (C=O) groups is 4. The Labute approximate surface area is 356 Å². The summed E-state index contributed by atoms with van der Waals surface area (Å²) in [4.78, 5) is 44.8. The van der Waals surface area contributed by atoms with E-state index in [0.29, 0.717) is 11.0 Å². The second-order valence-corrected chi connectivity index (χ2v) is 18.3. The molecule has 0 aromatic heterocycles. The molecule has 58 heavy (non-hydrogen) atoms. The molecule has 0 saturated heterocycles. The van der Waals surface area contributed by atoms with Crippen molar-refractivity contribution in [2.75, 3.05) is 31.3 Å². The summed E-state index contributed by atoms with van der Waals surface area (Å²) in [7, 11) is 0. The molecule has 2 N–H and O–H groups in total. The van der Waals surface area contributed by atoms with Crippen LogP contribution in [0.15, 0.2) is 47.6 Å². The number of hydrogen-bond acceptors (Lipinski definition) is 10. The van der Waals surface area contributed by atoms with Crippen LogP contribution in [0.4, 0.5) is 0 Å². The van der Waals surface area contributed by atoms with E-state index in [1.807, 2.05) is 32.5 Å². The number of hydrogen-bond donors (Lipinski definition) is 2. The van der Waals surface area contributed by atoms with Crippen molar-refractivity contribution in [1.82, 2.24) is 0 Å². The SMILES string of the molecule is C/C(=C/C(=O)O)C(=O)OC(C)(COc1c(C)cc(-c2cc(C)c(OCCSC3CCCCC3)c(C)c2)cc1C)CSC1CCCCC1.CCOC(=O)/C(C)=C\C(=O)O.[HH].[HH]. The third kappa shape index (κ3) is 16.4. The van der Waals surface area contributed by atoms with Crippen molar-refractivity contribution in [1.29, 1.82) is 0 Å². The molecule has 2 aliphatic carbocycles. The molecule has 0 heterocycles. The molecule has 1 unspecified atom stereocenters. The highest BCUT2D eigenvalue weighted by Crippen LogP contribution is 2.36. The van der Waals surface area contributed by atoms with Crippen molar-refractivity contribution in [2.45, 2.75) is 136 Å². The van der Waals surface area contributed by atoms with E-state index in [9.17, 15) is 19.2 Å². The van der Waals surface area contributed by atoms with Crippen molar-refractivity contribution in [3.63, 3.8) is 0 Å². The molecule has 10 nitrogen and oxygen atoms in total. The molecule has 2 aromatic rings. The van der Waals surface area contributed by atoms with Crippen molar-refractivity contribution >= 4 is 47.4 Å². The van der Waals surface area contributed by atoms with Crippen LogP contribution in [-0.4, -0.2) is 81.5 Å². The van der Waals surface area contributed by atoms with E-state index in [0.717, 1.165) is 74.6 Å². The number of carboxylic acid groups (broad SMARTS) is 2. The fraction of sp³-hybridized carbons (Fsp3) is 0.565. The number of ether oxygens (including phenoxy) is 4. The Balaban J connectivity index is 0.00000122. The highest BCUT2D eigenvalue weighted by molar-refractivity contribution is 8.00. The third-order valence-electron chi connectivity index (χ3n) is 10.1. The van der Waals surface area contributed by atoms with Gasteiger partial charge in [-0.25, -0.2) is 19.2 Å². The van der Waals surface area contributed by atoms with E-state index >= 15 is 0 Å². The van der Waals surface area contributed by atoms with E-state index in [1.165, 1.54) is 78.1 Å². The van der Waals surface area contributed by atoms with Crippen LogP contribution >= 0.6 is 23.5 Å². The Morgan fingerprint density at radius 1 is 0.707 bits per heavy atom. The van der Waals surface area contributed by atoms with Gasteiger partial charge in [-0.1, -0.05) is 38.5 Å². The maximum absolute atomic E-state index is 12.9. The van der Waals surface area contributed by atoms with Crippen molar-refractivity contribution in [3.8, 4) is 22.6 Å². The fourth-order valence-electron chi connectivity index (χ4n) is 7.17. The third-order valence-corrected chi connectivity index (χ3v) is 13.2. The second kappa shape index (κ2) is 24.2. The summed E-state index contributed by atoms with van der Waals surface area (Å²) in [6, 6.07) is 8.71. The van der Waals surface area contributed by atoms with E-state index in [1.54, 1.807) is 6.92 Å². The Morgan fingerprint density at radius 2 is 1.14 bits per heavy atom. The van der Waals surface area contributed by atoms with Gasteiger partial charge in [0.1, 0.15) is 18.1 Å². The fourth-order valence-corrected chi connectivity index (χ4v) is 9.75. The zero-order chi connectivity index (χ0) is 42.8. The van der Waals surface area contributed by atoms with E-state index < -0.39 is 29.5 Å². The first-order valence-corrected chi connectivity index (χ1v) is 22.6. The summed E-state index contributed by atoms with van der Waals surface area (Å²) < 4.78 is 23.2. The molecule has 0 aliphatic heterocycles. The van der Waals surface area contributed by atoms with E-state index in [-0.39, 0.29) is 27.2 Å². The van der Waals surface area contributed by atoms with E-state index in [2.05, 4.69) is 54.6 Å². The summed E-state index contributed by atoms with van der Waals surface area (Å²) in [5, 5.41) is 18.7. The van der Waals surface area contributed by atoms with Gasteiger partial charge in [0.2, 0.25) is 0 Å². The lowest BCUT2D eigenvalue weighted by molar-refractivity contribution is -0.154. The largest absolute Gasteiger partial charge is 0.492 e. The standard InChI is InChI=1S/C39H54O6S2.C7H10O4.2H2/c1-26-19-31(20-27(2)36(26)43-17-18-46-33-13-9-7-10-14-33)32-21-28(3)37(29(4)22-32)44-24-39(6,25-47-34-15-11-8-12-16-34)45-38(42)30(5)23-35(40)41;1-3-11-7(10)5(2)4-6(8)9;;/h19-23,33-34H,7-18,24-25H2,1-6H3,(H,40,41);4H,3H2,1-2H3,(H,8,9);2*1H/b30-23-;5-4-;;. The van der Waals surface area contributed by atoms with Crippen LogP contribution in [-0.2, 0) is 28.7 Å². The lowest BCUT2D eigenvalue weighted by atomic mass is 9.96. The van der Waals surface area contributed by atoms with Crippen molar-refractivity contribution < 1.29 is 51.2 Å². The molecule has 2 saturated carbocycles. The summed E-state index contributed by atoms with van der Waals surface area (Å²) in [5.41, 5.74) is 5.78. The van der Waals surface area contributed by atoms with Gasteiger partial charge in [0.25, 0.3) is 0 Å². The first kappa shape index (κ1) is 48.5. The number of carboxylic acids is 2. The normalized spacial score (nSPS) is 16.3. The summed E-state index contributed by atoms with van der Waals surface area (Å²) in [6.07, 6.45) is 14.6. The average molecular weight is 845 g/mol. The molecule has 0 spiro atoms. The van der Waals surface area contributed by atoms with Crippen LogP contribution < -0.4 is 9.47 Å². The molecule has 4 rings (SSSR count). The maximum atomic E-state index is 12.9. The number of benzene rings is 2. The van der Waals surface area contributed by atoms with Gasteiger partial charge in [0.05, 0.1) is 13.2 Å². The van der Waals surface area contributed by atoms with Gasteiger partial charge >= 0.3 is 23.9 Å². The smallest absolute Gasteiger partial charge is 0.334 e. The molecular formula is C46H68O10S2. The van der Waals surface area contributed by atoms with Crippen LogP contribution in [0, 0.1) is 27.7 Å². The average Bonchev–Trinajstić information content (AvgIpc) is 3.16. The summed E-state index contributed by atoms with van der Waals surface area (Å²) in [6.45, 7) is 15.9. The molecule has 0 radical (unpaired) electrons. The van der Waals surface area contributed by atoms with Gasteiger partial charge in [0, 0.05) is 48.2 Å². The molecule has 2 aliphatic rings. The minimum absolute atomic E-state index is 0. The number of esters is 2. The zero-order valence-electron chi connectivity index (χ0n) is 35.7.